The van der Waals surface area contributed by atoms with Gasteiger partial charge >= 0.3 is 0 Å². The number of amidine groups is 2. The highest BCUT2D eigenvalue weighted by Crippen LogP contribution is 2.45. The fraction of sp³-hybridized carbons (Fsp3) is 0. The third kappa shape index (κ3) is 10.9. The van der Waals surface area contributed by atoms with E-state index in [-0.39, 0.29) is 11.3 Å². The van der Waals surface area contributed by atoms with Gasteiger partial charge in [0.15, 0.2) is 11.6 Å². The number of allylic oxidation sites excluding steroid dienone is 1. The van der Waals surface area contributed by atoms with Crippen molar-refractivity contribution in [1.29, 1.82) is 5.26 Å². The number of aromatic nitrogens is 2. The van der Waals surface area contributed by atoms with Gasteiger partial charge in [0, 0.05) is 124 Å². The minimum atomic E-state index is 0.237. The van der Waals surface area contributed by atoms with Crippen molar-refractivity contribution in [3.63, 3.8) is 0 Å². The van der Waals surface area contributed by atoms with Crippen LogP contribution in [0.15, 0.2) is 359 Å². The summed E-state index contributed by atoms with van der Waals surface area (Å²) in [7, 11) is 0. The van der Waals surface area contributed by atoms with E-state index in [1.165, 1.54) is 10.8 Å². The lowest BCUT2D eigenvalue weighted by Crippen LogP contribution is -2.10. The van der Waals surface area contributed by atoms with Crippen LogP contribution in [0.2, 0.25) is 0 Å². The second kappa shape index (κ2) is 25.9. The molecule has 0 bridgehead atoms. The number of fused-ring (bicyclic) bond motifs is 6. The summed E-state index contributed by atoms with van der Waals surface area (Å²) in [6.07, 6.45) is 3.73. The molecule has 2 aliphatic heterocycles. The molecular formula is C96H58N10O2. The maximum absolute atomic E-state index is 11.1. The van der Waals surface area contributed by atoms with Gasteiger partial charge in [-0.25, -0.2) is 24.8 Å². The number of benzene rings is 14. The maximum atomic E-state index is 11.1. The number of para-hydroxylation sites is 4. The standard InChI is InChI=1S/C96H58N10O2/c1-98-92(66-38-52-74(53-39-66)106(72-48-34-62(35-49-72)76-19-11-21-80-78-17-3-5-27-87(78)108-94(76)80)70-44-30-60(31-45-70)68-41-55-89(100-58-68)104-96-82-23-7-13-65-15-9-25-85(102-96)91(65)82)83(56-97)63-36-50-73(51-37-63)105(71-46-32-61(33-47-71)75-18-10-20-79-77-16-2-4-26-86(77)107-93(75)79)69-42-28-59(29-43-69)67-40-54-88(99-57-67)103-95-81-22-6-12-64-14-8-24-84(101-95)90(64)81/h2-55,57-58H,(H,99,101,103)(H,100,102,104)/b92-83-. The van der Waals surface area contributed by atoms with Gasteiger partial charge in [-0.1, -0.05) is 206 Å². The number of nitrogens with one attached hydrogen (secondary N) is 2. The summed E-state index contributed by atoms with van der Waals surface area (Å²) in [4.78, 5) is 28.0. The largest absolute Gasteiger partial charge is 0.455 e. The van der Waals surface area contributed by atoms with Crippen molar-refractivity contribution >= 4 is 145 Å². The molecule has 504 valence electrons. The van der Waals surface area contributed by atoms with Crippen LogP contribution >= 0.6 is 0 Å². The first kappa shape index (κ1) is 62.5. The normalized spacial score (nSPS) is 13.1. The van der Waals surface area contributed by atoms with Gasteiger partial charge in [0.2, 0.25) is 5.70 Å². The number of aliphatic imine (C=N–C) groups is 2. The maximum Gasteiger partial charge on any atom is 0.212 e. The molecule has 0 saturated carbocycles. The lowest BCUT2D eigenvalue weighted by Gasteiger charge is -2.26. The van der Waals surface area contributed by atoms with Gasteiger partial charge in [-0.3, -0.25) is 0 Å². The summed E-state index contributed by atoms with van der Waals surface area (Å²) < 4.78 is 13.0. The van der Waals surface area contributed by atoms with Crippen LogP contribution in [0.3, 0.4) is 0 Å². The number of hydrogen-bond acceptors (Lipinski definition) is 9. The van der Waals surface area contributed by atoms with E-state index >= 15 is 0 Å². The molecule has 0 atom stereocenters. The van der Waals surface area contributed by atoms with Crippen molar-refractivity contribution in [2.75, 3.05) is 20.4 Å². The molecule has 18 aromatic rings. The number of hydrogen-bond donors (Lipinski definition) is 2. The molecule has 2 N–H and O–H groups in total. The topological polar surface area (TPSA) is 135 Å². The molecule has 0 unspecified atom stereocenters. The van der Waals surface area contributed by atoms with Crippen molar-refractivity contribution < 1.29 is 8.83 Å². The van der Waals surface area contributed by atoms with E-state index in [0.29, 0.717) is 22.8 Å². The molecule has 108 heavy (non-hydrogen) atoms. The van der Waals surface area contributed by atoms with E-state index < -0.39 is 0 Å². The van der Waals surface area contributed by atoms with Crippen molar-refractivity contribution in [1.82, 2.24) is 9.97 Å². The zero-order valence-corrected chi connectivity index (χ0v) is 57.7. The van der Waals surface area contributed by atoms with E-state index in [1.807, 2.05) is 109 Å². The van der Waals surface area contributed by atoms with Gasteiger partial charge in [0.1, 0.15) is 34.0 Å². The zero-order chi connectivity index (χ0) is 71.8. The summed E-state index contributed by atoms with van der Waals surface area (Å²) in [5, 5.41) is 27.1. The predicted octanol–water partition coefficient (Wildman–Crippen LogP) is 25.5. The molecule has 0 saturated heterocycles. The molecule has 0 fully saturated rings. The van der Waals surface area contributed by atoms with Crippen LogP contribution in [0, 0.1) is 17.9 Å². The fourth-order valence-corrected chi connectivity index (χ4v) is 15.4. The van der Waals surface area contributed by atoms with Crippen molar-refractivity contribution in [2.45, 2.75) is 0 Å². The van der Waals surface area contributed by atoms with Crippen LogP contribution in [0.4, 0.5) is 57.1 Å². The van der Waals surface area contributed by atoms with Gasteiger partial charge < -0.3 is 29.3 Å². The third-order valence-corrected chi connectivity index (χ3v) is 20.6. The van der Waals surface area contributed by atoms with E-state index in [1.54, 1.807) is 0 Å². The Bertz CT molecular complexity index is 6400. The number of anilines is 8. The predicted molar refractivity (Wildman–Crippen MR) is 441 cm³/mol. The summed E-state index contributed by atoms with van der Waals surface area (Å²) in [5.74, 6) is 2.77. The number of pyridine rings is 2. The number of nitriles is 1. The van der Waals surface area contributed by atoms with E-state index in [0.717, 1.165) is 167 Å². The number of rotatable bonds is 14. The Labute approximate surface area is 620 Å². The second-order valence-corrected chi connectivity index (χ2v) is 26.9. The van der Waals surface area contributed by atoms with Crippen LogP contribution < -0.4 is 20.4 Å². The Hall–Kier alpha value is -15.2. The summed E-state index contributed by atoms with van der Waals surface area (Å²) in [6.45, 7) is 8.68. The molecule has 2 aliphatic rings. The van der Waals surface area contributed by atoms with Gasteiger partial charge in [0.05, 0.1) is 18.2 Å². The van der Waals surface area contributed by atoms with Crippen LogP contribution in [0.5, 0.6) is 0 Å². The highest BCUT2D eigenvalue weighted by atomic mass is 16.3. The van der Waals surface area contributed by atoms with E-state index in [9.17, 15) is 5.26 Å². The minimum absolute atomic E-state index is 0.237. The Morgan fingerprint density at radius 3 is 1.10 bits per heavy atom. The van der Waals surface area contributed by atoms with Crippen molar-refractivity contribution in [3.05, 3.63) is 374 Å². The van der Waals surface area contributed by atoms with Gasteiger partial charge in [0.25, 0.3) is 0 Å². The van der Waals surface area contributed by atoms with Crippen LogP contribution in [0.25, 0.3) is 126 Å². The highest BCUT2D eigenvalue weighted by Gasteiger charge is 2.25. The Kier molecular flexibility index (Phi) is 15.0. The molecule has 0 spiro atoms. The van der Waals surface area contributed by atoms with Crippen molar-refractivity contribution in [2.24, 2.45) is 9.98 Å². The minimum Gasteiger partial charge on any atom is -0.455 e. The SMILES string of the molecule is [C-]#[N+]/C(=C(/C#N)c1ccc(N(c2ccc(-c3ccc(N=C4Nc5cccc6cccc4c56)nc3)cc2)c2ccc(-c3cccc4c3oc3ccccc34)cc2)cc1)c1ccc(N(c2ccc(-c3ccc(N=C4Nc5cccc6cccc4c56)nc3)cc2)c2ccc(-c3cccc4c3oc3ccccc34)cc2)cc1. The van der Waals surface area contributed by atoms with Crippen LogP contribution in [0.1, 0.15) is 22.3 Å². The van der Waals surface area contributed by atoms with Crippen LogP contribution in [-0.4, -0.2) is 21.6 Å². The number of nitrogens with zero attached hydrogens (tertiary/aromatic N) is 8. The molecule has 14 aromatic carbocycles. The molecule has 0 amide bonds. The Balaban J connectivity index is 0.612. The summed E-state index contributed by atoms with van der Waals surface area (Å²) >= 11 is 0. The highest BCUT2D eigenvalue weighted by molar-refractivity contribution is 6.27. The molecule has 20 rings (SSSR count). The van der Waals surface area contributed by atoms with E-state index in [2.05, 4.69) is 262 Å². The molecule has 0 aliphatic carbocycles. The van der Waals surface area contributed by atoms with E-state index in [4.69, 9.17) is 35.4 Å². The van der Waals surface area contributed by atoms with Crippen molar-refractivity contribution in [3.8, 4) is 50.6 Å². The lowest BCUT2D eigenvalue weighted by molar-refractivity contribution is 0.669. The summed E-state index contributed by atoms with van der Waals surface area (Å²) in [5.41, 5.74) is 22.5. The molecule has 12 nitrogen and oxygen atoms in total. The fourth-order valence-electron chi connectivity index (χ4n) is 15.4. The molecule has 6 heterocycles. The monoisotopic (exact) mass is 1380 g/mol. The Morgan fingerprint density at radius 1 is 0.352 bits per heavy atom. The third-order valence-electron chi connectivity index (χ3n) is 20.6. The molecular weight excluding hydrogens is 1330 g/mol. The average molecular weight is 1380 g/mol. The first-order chi connectivity index (χ1) is 53.4. The Morgan fingerprint density at radius 2 is 0.704 bits per heavy atom. The lowest BCUT2D eigenvalue weighted by atomic mass is 9.99. The molecule has 12 heteroatoms. The quantitative estimate of drug-likeness (QED) is 0.0620. The van der Waals surface area contributed by atoms with Gasteiger partial charge in [-0.2, -0.15) is 5.26 Å². The summed E-state index contributed by atoms with van der Waals surface area (Å²) in [6, 6.07) is 114. The molecule has 0 radical (unpaired) electrons. The smallest absolute Gasteiger partial charge is 0.212 e. The molecule has 4 aromatic heterocycles. The number of furan rings is 2. The van der Waals surface area contributed by atoms with Gasteiger partial charge in [-0.15, -0.1) is 0 Å². The zero-order valence-electron chi connectivity index (χ0n) is 57.7. The first-order valence-electron chi connectivity index (χ1n) is 35.6. The van der Waals surface area contributed by atoms with Crippen LogP contribution in [-0.2, 0) is 0 Å². The average Bonchev–Trinajstić information content (AvgIpc) is 1.76. The second-order valence-electron chi connectivity index (χ2n) is 26.9. The van der Waals surface area contributed by atoms with Gasteiger partial charge in [-0.05, 0) is 165 Å². The first-order valence-corrected chi connectivity index (χ1v) is 35.6.